The Morgan fingerprint density at radius 2 is 2.26 bits per heavy atom. The highest BCUT2D eigenvalue weighted by molar-refractivity contribution is 5.46. The van der Waals surface area contributed by atoms with Crippen molar-refractivity contribution >= 4 is 6.08 Å². The Morgan fingerprint density at radius 1 is 1.37 bits per heavy atom. The van der Waals surface area contributed by atoms with Gasteiger partial charge in [-0.3, -0.25) is 9.80 Å². The summed E-state index contributed by atoms with van der Waals surface area (Å²) in [5, 5.41) is 0. The second-order valence-electron chi connectivity index (χ2n) is 5.93. The minimum atomic E-state index is 0.805. The molecular weight excluding hydrogens is 236 g/mol. The summed E-state index contributed by atoms with van der Waals surface area (Å²) in [5.41, 5.74) is 1.39. The lowest BCUT2D eigenvalue weighted by atomic mass is 10.2. The maximum Gasteiger partial charge on any atom is 0.126 e. The zero-order valence-electron chi connectivity index (χ0n) is 11.8. The largest absolute Gasteiger partial charge is 0.465 e. The van der Waals surface area contributed by atoms with Crippen LogP contribution in [0.15, 0.2) is 28.4 Å². The molecule has 1 atom stereocenters. The van der Waals surface area contributed by atoms with E-state index >= 15 is 0 Å². The lowest BCUT2D eigenvalue weighted by Crippen LogP contribution is -2.37. The molecule has 3 heteroatoms. The van der Waals surface area contributed by atoms with E-state index in [1.807, 2.05) is 12.1 Å². The molecule has 3 nitrogen and oxygen atoms in total. The number of hydrogen-bond donors (Lipinski definition) is 0. The normalized spacial score (nSPS) is 26.4. The summed E-state index contributed by atoms with van der Waals surface area (Å²) in [4.78, 5) is 5.30. The third-order valence-corrected chi connectivity index (χ3v) is 4.29. The van der Waals surface area contributed by atoms with Crippen molar-refractivity contribution in [3.05, 3.63) is 29.7 Å². The van der Waals surface area contributed by atoms with Crippen LogP contribution in [-0.2, 0) is 0 Å². The third-order valence-electron chi connectivity index (χ3n) is 4.29. The van der Waals surface area contributed by atoms with Crippen molar-refractivity contribution in [1.82, 2.24) is 9.80 Å². The van der Waals surface area contributed by atoms with Gasteiger partial charge in [0.05, 0.1) is 6.26 Å². The van der Waals surface area contributed by atoms with Crippen LogP contribution in [0.1, 0.15) is 31.9 Å². The van der Waals surface area contributed by atoms with E-state index in [-0.39, 0.29) is 0 Å². The first-order chi connectivity index (χ1) is 9.31. The van der Waals surface area contributed by atoms with Crippen LogP contribution in [0.25, 0.3) is 6.08 Å². The van der Waals surface area contributed by atoms with Crippen LogP contribution in [0.2, 0.25) is 0 Å². The monoisotopic (exact) mass is 260 g/mol. The minimum absolute atomic E-state index is 0.805. The molecule has 0 unspecified atom stereocenters. The van der Waals surface area contributed by atoms with Gasteiger partial charge in [-0.1, -0.05) is 5.57 Å². The van der Waals surface area contributed by atoms with E-state index in [0.717, 1.165) is 18.3 Å². The Labute approximate surface area is 115 Å². The predicted molar refractivity (Wildman–Crippen MR) is 78.0 cm³/mol. The molecule has 3 heterocycles. The van der Waals surface area contributed by atoms with Gasteiger partial charge in [-0.25, -0.2) is 0 Å². The number of nitrogens with zero attached hydrogens (tertiary/aromatic N) is 2. The third kappa shape index (κ3) is 3.28. The van der Waals surface area contributed by atoms with Crippen molar-refractivity contribution < 1.29 is 4.42 Å². The number of furan rings is 1. The lowest BCUT2D eigenvalue weighted by Gasteiger charge is -2.25. The van der Waals surface area contributed by atoms with Crippen molar-refractivity contribution in [3.63, 3.8) is 0 Å². The van der Waals surface area contributed by atoms with Gasteiger partial charge in [0.15, 0.2) is 0 Å². The van der Waals surface area contributed by atoms with E-state index < -0.39 is 0 Å². The molecule has 2 aliphatic rings. The summed E-state index contributed by atoms with van der Waals surface area (Å²) in [6.45, 7) is 8.37. The van der Waals surface area contributed by atoms with Gasteiger partial charge in [0, 0.05) is 19.1 Å². The Balaban J connectivity index is 1.59. The van der Waals surface area contributed by atoms with Crippen LogP contribution in [0.4, 0.5) is 0 Å². The average molecular weight is 260 g/mol. The molecule has 104 valence electrons. The van der Waals surface area contributed by atoms with E-state index in [9.17, 15) is 0 Å². The molecule has 0 aliphatic carbocycles. The SMILES string of the molecule is C/C(=C\c1ccco1)CN1CCCN2CCC[C@H]2C1. The van der Waals surface area contributed by atoms with Crippen LogP contribution in [0.3, 0.4) is 0 Å². The van der Waals surface area contributed by atoms with E-state index in [2.05, 4.69) is 22.8 Å². The standard InChI is InChI=1S/C16H24N2O/c1-14(11-16-6-3-10-19-16)12-17-7-4-9-18-8-2-5-15(18)13-17/h3,6,10-11,15H,2,4-5,7-9,12-13H2,1H3/b14-11+/t15-/m0/s1. The molecule has 0 aromatic carbocycles. The van der Waals surface area contributed by atoms with Gasteiger partial charge in [0.2, 0.25) is 0 Å². The molecule has 0 spiro atoms. The maximum atomic E-state index is 5.38. The Bertz CT molecular complexity index is 424. The fraction of sp³-hybridized carbons (Fsp3) is 0.625. The van der Waals surface area contributed by atoms with Gasteiger partial charge >= 0.3 is 0 Å². The summed E-state index contributed by atoms with van der Waals surface area (Å²) < 4.78 is 5.38. The molecule has 3 rings (SSSR count). The minimum Gasteiger partial charge on any atom is -0.465 e. The highest BCUT2D eigenvalue weighted by Gasteiger charge is 2.28. The topological polar surface area (TPSA) is 19.6 Å². The Morgan fingerprint density at radius 3 is 3.11 bits per heavy atom. The predicted octanol–water partition coefficient (Wildman–Crippen LogP) is 2.85. The van der Waals surface area contributed by atoms with Gasteiger partial charge in [0.1, 0.15) is 5.76 Å². The molecule has 0 bridgehead atoms. The molecule has 1 aromatic heterocycles. The van der Waals surface area contributed by atoms with Crippen LogP contribution in [0.5, 0.6) is 0 Å². The molecule has 0 saturated carbocycles. The second-order valence-corrected chi connectivity index (χ2v) is 5.93. The first kappa shape index (κ1) is 12.9. The van der Waals surface area contributed by atoms with Gasteiger partial charge in [0.25, 0.3) is 0 Å². The highest BCUT2D eigenvalue weighted by atomic mass is 16.3. The van der Waals surface area contributed by atoms with Crippen molar-refractivity contribution in [2.75, 3.05) is 32.7 Å². The lowest BCUT2D eigenvalue weighted by molar-refractivity contribution is 0.229. The summed E-state index contributed by atoms with van der Waals surface area (Å²) in [7, 11) is 0. The molecule has 2 saturated heterocycles. The van der Waals surface area contributed by atoms with Crippen LogP contribution in [-0.4, -0.2) is 48.6 Å². The summed E-state index contributed by atoms with van der Waals surface area (Å²) in [6.07, 6.45) is 7.99. The maximum absolute atomic E-state index is 5.38. The first-order valence-electron chi connectivity index (χ1n) is 7.48. The zero-order valence-corrected chi connectivity index (χ0v) is 11.8. The van der Waals surface area contributed by atoms with Crippen LogP contribution < -0.4 is 0 Å². The van der Waals surface area contributed by atoms with Gasteiger partial charge in [-0.2, -0.15) is 0 Å². The molecule has 19 heavy (non-hydrogen) atoms. The molecule has 0 amide bonds. The first-order valence-corrected chi connectivity index (χ1v) is 7.48. The van der Waals surface area contributed by atoms with Gasteiger partial charge in [-0.05, 0) is 64.0 Å². The molecule has 0 N–H and O–H groups in total. The fourth-order valence-electron chi connectivity index (χ4n) is 3.44. The summed E-state index contributed by atoms with van der Waals surface area (Å²) in [5.74, 6) is 0.967. The highest BCUT2D eigenvalue weighted by Crippen LogP contribution is 2.22. The second kappa shape index (κ2) is 5.93. The molecule has 2 aliphatic heterocycles. The number of fused-ring (bicyclic) bond motifs is 1. The van der Waals surface area contributed by atoms with Crippen LogP contribution in [0, 0.1) is 0 Å². The van der Waals surface area contributed by atoms with Crippen molar-refractivity contribution in [2.45, 2.75) is 32.2 Å². The average Bonchev–Trinajstić information content (AvgIpc) is 2.99. The molecule has 0 radical (unpaired) electrons. The number of rotatable bonds is 3. The number of hydrogen-bond acceptors (Lipinski definition) is 3. The fourth-order valence-corrected chi connectivity index (χ4v) is 3.44. The molecular formula is C16H24N2O. The van der Waals surface area contributed by atoms with E-state index in [1.54, 1.807) is 6.26 Å². The van der Waals surface area contributed by atoms with Crippen LogP contribution >= 0.6 is 0 Å². The molecule has 2 fully saturated rings. The van der Waals surface area contributed by atoms with E-state index in [0.29, 0.717) is 0 Å². The van der Waals surface area contributed by atoms with Gasteiger partial charge < -0.3 is 4.42 Å². The van der Waals surface area contributed by atoms with E-state index in [4.69, 9.17) is 4.42 Å². The smallest absolute Gasteiger partial charge is 0.126 e. The quantitative estimate of drug-likeness (QED) is 0.833. The zero-order chi connectivity index (χ0) is 13.1. The Kier molecular flexibility index (Phi) is 4.04. The van der Waals surface area contributed by atoms with Gasteiger partial charge in [-0.15, -0.1) is 0 Å². The Hall–Kier alpha value is -1.06. The van der Waals surface area contributed by atoms with Crippen molar-refractivity contribution in [1.29, 1.82) is 0 Å². The van der Waals surface area contributed by atoms with Crippen molar-refractivity contribution in [2.24, 2.45) is 0 Å². The van der Waals surface area contributed by atoms with Crippen molar-refractivity contribution in [3.8, 4) is 0 Å². The van der Waals surface area contributed by atoms with E-state index in [1.165, 1.54) is 51.0 Å². The summed E-state index contributed by atoms with van der Waals surface area (Å²) in [6, 6.07) is 4.77. The molecule has 1 aromatic rings. The summed E-state index contributed by atoms with van der Waals surface area (Å²) >= 11 is 0.